The van der Waals surface area contributed by atoms with Gasteiger partial charge in [-0.25, -0.2) is 4.98 Å². The molecule has 0 saturated carbocycles. The average molecular weight is 363 g/mol. The van der Waals surface area contributed by atoms with E-state index in [0.717, 1.165) is 45.0 Å². The van der Waals surface area contributed by atoms with Gasteiger partial charge in [0.05, 0.1) is 4.88 Å². The molecule has 0 spiro atoms. The fraction of sp³-hybridized carbons (Fsp3) is 0.167. The summed E-state index contributed by atoms with van der Waals surface area (Å²) in [6.45, 7) is 1.69. The summed E-state index contributed by atoms with van der Waals surface area (Å²) in [5.74, 6) is 0. The first-order valence-electron chi connectivity index (χ1n) is 7.36. The third-order valence-corrected chi connectivity index (χ3v) is 4.98. The van der Waals surface area contributed by atoms with Crippen LogP contribution in [0.15, 0.2) is 54.7 Å². The molecule has 0 unspecified atom stereocenters. The molecule has 3 aromatic rings. The van der Waals surface area contributed by atoms with Gasteiger partial charge in [-0.3, -0.25) is 0 Å². The number of benzene rings is 2. The number of halogens is 2. The van der Waals surface area contributed by atoms with E-state index in [1.54, 1.807) is 11.3 Å². The number of hydrogen-bond donors (Lipinski definition) is 1. The molecule has 0 bridgehead atoms. The third kappa shape index (κ3) is 4.79. The molecule has 0 amide bonds. The Bertz CT molecular complexity index is 769. The zero-order valence-electron chi connectivity index (χ0n) is 12.4. The normalized spacial score (nSPS) is 10.9. The molecule has 0 saturated heterocycles. The highest BCUT2D eigenvalue weighted by atomic mass is 35.5. The smallest absolute Gasteiger partial charge is 0.107 e. The van der Waals surface area contributed by atoms with Gasteiger partial charge in [0.15, 0.2) is 0 Å². The molecule has 118 valence electrons. The summed E-state index contributed by atoms with van der Waals surface area (Å²) >= 11 is 13.6. The van der Waals surface area contributed by atoms with Crippen LogP contribution in [0.5, 0.6) is 0 Å². The summed E-state index contributed by atoms with van der Waals surface area (Å²) in [7, 11) is 0. The molecule has 1 heterocycles. The van der Waals surface area contributed by atoms with Gasteiger partial charge >= 0.3 is 0 Å². The summed E-state index contributed by atoms with van der Waals surface area (Å²) in [6.07, 6.45) is 2.89. The van der Waals surface area contributed by atoms with E-state index in [1.807, 2.05) is 36.5 Å². The topological polar surface area (TPSA) is 24.9 Å². The Hall–Kier alpha value is -1.39. The lowest BCUT2D eigenvalue weighted by Gasteiger charge is -2.03. The number of nitrogens with one attached hydrogen (secondary N) is 1. The molecule has 2 aromatic carbocycles. The predicted molar refractivity (Wildman–Crippen MR) is 99.4 cm³/mol. The second kappa shape index (κ2) is 7.93. The largest absolute Gasteiger partial charge is 0.310 e. The van der Waals surface area contributed by atoms with Crippen molar-refractivity contribution in [3.05, 3.63) is 75.3 Å². The van der Waals surface area contributed by atoms with Gasteiger partial charge in [-0.1, -0.05) is 47.5 Å². The van der Waals surface area contributed by atoms with Gasteiger partial charge in [0.25, 0.3) is 0 Å². The zero-order valence-corrected chi connectivity index (χ0v) is 14.8. The van der Waals surface area contributed by atoms with Gasteiger partial charge in [-0.2, -0.15) is 0 Å². The van der Waals surface area contributed by atoms with Crippen LogP contribution in [0.25, 0.3) is 10.4 Å². The lowest BCUT2D eigenvalue weighted by Crippen LogP contribution is -2.16. The van der Waals surface area contributed by atoms with Gasteiger partial charge in [0.1, 0.15) is 5.01 Å². The molecule has 1 N–H and O–H groups in total. The maximum atomic E-state index is 6.04. The highest BCUT2D eigenvalue weighted by Gasteiger charge is 2.05. The zero-order chi connectivity index (χ0) is 16.1. The Morgan fingerprint density at radius 1 is 1.00 bits per heavy atom. The molecule has 23 heavy (non-hydrogen) atoms. The van der Waals surface area contributed by atoms with Crippen molar-refractivity contribution in [3.8, 4) is 10.4 Å². The average Bonchev–Trinajstić information content (AvgIpc) is 3.02. The van der Waals surface area contributed by atoms with Gasteiger partial charge in [0.2, 0.25) is 0 Å². The molecule has 0 aliphatic rings. The van der Waals surface area contributed by atoms with E-state index in [2.05, 4.69) is 28.5 Å². The molecule has 5 heteroatoms. The number of aromatic nitrogens is 1. The van der Waals surface area contributed by atoms with E-state index < -0.39 is 0 Å². The maximum Gasteiger partial charge on any atom is 0.107 e. The number of rotatable bonds is 6. The number of hydrogen-bond acceptors (Lipinski definition) is 3. The molecular weight excluding hydrogens is 347 g/mol. The van der Waals surface area contributed by atoms with E-state index in [9.17, 15) is 0 Å². The van der Waals surface area contributed by atoms with Gasteiger partial charge in [-0.05, 0) is 48.4 Å². The SMILES string of the molecule is Clc1ccc(CCNCc2ncc(-c3cccc(Cl)c3)s2)cc1. The highest BCUT2D eigenvalue weighted by Crippen LogP contribution is 2.27. The molecule has 0 fully saturated rings. The first-order valence-corrected chi connectivity index (χ1v) is 8.94. The van der Waals surface area contributed by atoms with Crippen LogP contribution in [0.4, 0.5) is 0 Å². The fourth-order valence-corrected chi connectivity index (χ4v) is 3.45. The van der Waals surface area contributed by atoms with Gasteiger partial charge in [-0.15, -0.1) is 11.3 Å². The summed E-state index contributed by atoms with van der Waals surface area (Å²) in [4.78, 5) is 5.61. The van der Waals surface area contributed by atoms with Crippen molar-refractivity contribution in [3.63, 3.8) is 0 Å². The van der Waals surface area contributed by atoms with Crippen LogP contribution in [0.2, 0.25) is 10.0 Å². The van der Waals surface area contributed by atoms with Gasteiger partial charge < -0.3 is 5.32 Å². The van der Waals surface area contributed by atoms with Crippen LogP contribution < -0.4 is 5.32 Å². The van der Waals surface area contributed by atoms with E-state index in [4.69, 9.17) is 23.2 Å². The van der Waals surface area contributed by atoms with Crippen LogP contribution in [0.1, 0.15) is 10.6 Å². The molecular formula is C18H16Cl2N2S. The fourth-order valence-electron chi connectivity index (χ4n) is 2.25. The van der Waals surface area contributed by atoms with Crippen molar-refractivity contribution in [2.45, 2.75) is 13.0 Å². The monoisotopic (exact) mass is 362 g/mol. The van der Waals surface area contributed by atoms with Crippen molar-refractivity contribution >= 4 is 34.5 Å². The minimum atomic E-state index is 0.749. The van der Waals surface area contributed by atoms with E-state index in [0.29, 0.717) is 0 Å². The predicted octanol–water partition coefficient (Wildman–Crippen LogP) is 5.45. The van der Waals surface area contributed by atoms with Gasteiger partial charge in [0, 0.05) is 22.8 Å². The Kier molecular flexibility index (Phi) is 5.68. The first-order chi connectivity index (χ1) is 11.2. The molecule has 3 rings (SSSR count). The minimum absolute atomic E-state index is 0.749. The standard InChI is InChI=1S/C18H16Cl2N2S/c19-15-6-4-13(5-7-15)8-9-21-12-18-22-11-17(23-18)14-2-1-3-16(20)10-14/h1-7,10-11,21H,8-9,12H2. The third-order valence-electron chi connectivity index (χ3n) is 3.44. The molecule has 2 nitrogen and oxygen atoms in total. The number of nitrogens with zero attached hydrogens (tertiary/aromatic N) is 1. The van der Waals surface area contributed by atoms with E-state index >= 15 is 0 Å². The second-order valence-electron chi connectivity index (χ2n) is 5.18. The molecule has 0 atom stereocenters. The van der Waals surface area contributed by atoms with Crippen molar-refractivity contribution in [1.29, 1.82) is 0 Å². The van der Waals surface area contributed by atoms with Crippen molar-refractivity contribution < 1.29 is 0 Å². The molecule has 1 aromatic heterocycles. The van der Waals surface area contributed by atoms with Crippen molar-refractivity contribution in [2.75, 3.05) is 6.54 Å². The molecule has 0 radical (unpaired) electrons. The van der Waals surface area contributed by atoms with E-state index in [1.165, 1.54) is 5.56 Å². The van der Waals surface area contributed by atoms with Crippen LogP contribution in [0.3, 0.4) is 0 Å². The Morgan fingerprint density at radius 2 is 1.83 bits per heavy atom. The van der Waals surface area contributed by atoms with Crippen LogP contribution in [-0.4, -0.2) is 11.5 Å². The number of thiazole rings is 1. The molecule has 0 aliphatic carbocycles. The lowest BCUT2D eigenvalue weighted by molar-refractivity contribution is 0.684. The summed E-state index contributed by atoms with van der Waals surface area (Å²) in [6, 6.07) is 15.8. The lowest BCUT2D eigenvalue weighted by atomic mass is 10.1. The van der Waals surface area contributed by atoms with Crippen LogP contribution in [0, 0.1) is 0 Å². The Labute approximate surface area is 150 Å². The first kappa shape index (κ1) is 16.5. The van der Waals surface area contributed by atoms with E-state index in [-0.39, 0.29) is 0 Å². The van der Waals surface area contributed by atoms with Crippen LogP contribution in [-0.2, 0) is 13.0 Å². The molecule has 0 aliphatic heterocycles. The summed E-state index contributed by atoms with van der Waals surface area (Å²) in [5, 5.41) is 6.03. The quantitative estimate of drug-likeness (QED) is 0.589. The second-order valence-corrected chi connectivity index (χ2v) is 7.17. The Balaban J connectivity index is 1.50. The van der Waals surface area contributed by atoms with Crippen molar-refractivity contribution in [2.24, 2.45) is 0 Å². The minimum Gasteiger partial charge on any atom is -0.310 e. The van der Waals surface area contributed by atoms with Crippen molar-refractivity contribution in [1.82, 2.24) is 10.3 Å². The Morgan fingerprint density at radius 3 is 2.61 bits per heavy atom. The summed E-state index contributed by atoms with van der Waals surface area (Å²) in [5.41, 5.74) is 2.39. The van der Waals surface area contributed by atoms with Crippen LogP contribution >= 0.6 is 34.5 Å². The maximum absolute atomic E-state index is 6.04. The summed E-state index contributed by atoms with van der Waals surface area (Å²) < 4.78 is 0. The highest BCUT2D eigenvalue weighted by molar-refractivity contribution is 7.15.